The van der Waals surface area contributed by atoms with E-state index >= 15 is 0 Å². The highest BCUT2D eigenvalue weighted by Crippen LogP contribution is 2.37. The third-order valence-electron chi connectivity index (χ3n) is 4.51. The van der Waals surface area contributed by atoms with Crippen molar-refractivity contribution >= 4 is 0 Å². The van der Waals surface area contributed by atoms with Gasteiger partial charge in [-0.25, -0.2) is 0 Å². The highest BCUT2D eigenvalue weighted by Gasteiger charge is 2.37. The predicted molar refractivity (Wildman–Crippen MR) is 75.4 cm³/mol. The fourth-order valence-corrected chi connectivity index (χ4v) is 3.26. The van der Waals surface area contributed by atoms with E-state index in [0.717, 1.165) is 12.3 Å². The Balaban J connectivity index is 1.80. The first-order valence-corrected chi connectivity index (χ1v) is 7.26. The second-order valence-corrected chi connectivity index (χ2v) is 6.23. The van der Waals surface area contributed by atoms with Gasteiger partial charge in [0.25, 0.3) is 0 Å². The molecular weight excluding hydrogens is 220 g/mol. The van der Waals surface area contributed by atoms with Crippen molar-refractivity contribution in [3.63, 3.8) is 0 Å². The Bertz CT molecular complexity index is 423. The van der Waals surface area contributed by atoms with Gasteiger partial charge in [0.1, 0.15) is 0 Å². The SMILES string of the molecule is CC(C)N(CC1CC1)C1Cc2ccccc2C1N. The molecule has 1 fully saturated rings. The Morgan fingerprint density at radius 1 is 1.28 bits per heavy atom. The predicted octanol–water partition coefficient (Wildman–Crippen LogP) is 2.73. The summed E-state index contributed by atoms with van der Waals surface area (Å²) in [7, 11) is 0. The van der Waals surface area contributed by atoms with Gasteiger partial charge in [-0.15, -0.1) is 0 Å². The van der Waals surface area contributed by atoms with Gasteiger partial charge in [-0.1, -0.05) is 24.3 Å². The number of benzene rings is 1. The molecule has 2 aliphatic rings. The molecule has 98 valence electrons. The Kier molecular flexibility index (Phi) is 3.16. The normalized spacial score (nSPS) is 26.9. The first kappa shape index (κ1) is 12.2. The molecule has 0 bridgehead atoms. The first-order chi connectivity index (χ1) is 8.66. The fourth-order valence-electron chi connectivity index (χ4n) is 3.26. The average Bonchev–Trinajstić information content (AvgIpc) is 3.12. The maximum Gasteiger partial charge on any atom is 0.0459 e. The van der Waals surface area contributed by atoms with Gasteiger partial charge in [-0.2, -0.15) is 0 Å². The molecular formula is C16H24N2. The Morgan fingerprint density at radius 3 is 2.61 bits per heavy atom. The number of hydrogen-bond acceptors (Lipinski definition) is 2. The van der Waals surface area contributed by atoms with E-state index < -0.39 is 0 Å². The average molecular weight is 244 g/mol. The van der Waals surface area contributed by atoms with Gasteiger partial charge in [-0.3, -0.25) is 4.90 Å². The molecule has 1 aromatic rings. The van der Waals surface area contributed by atoms with Crippen molar-refractivity contribution in [2.24, 2.45) is 11.7 Å². The summed E-state index contributed by atoms with van der Waals surface area (Å²) < 4.78 is 0. The summed E-state index contributed by atoms with van der Waals surface area (Å²) in [6, 6.07) is 9.98. The van der Waals surface area contributed by atoms with Crippen molar-refractivity contribution in [3.8, 4) is 0 Å². The molecule has 0 aromatic heterocycles. The lowest BCUT2D eigenvalue weighted by Gasteiger charge is -2.35. The van der Waals surface area contributed by atoms with Crippen LogP contribution in [-0.2, 0) is 6.42 Å². The van der Waals surface area contributed by atoms with Gasteiger partial charge in [-0.05, 0) is 50.2 Å². The molecule has 1 aromatic carbocycles. The molecule has 0 spiro atoms. The van der Waals surface area contributed by atoms with Gasteiger partial charge in [0.15, 0.2) is 0 Å². The monoisotopic (exact) mass is 244 g/mol. The summed E-state index contributed by atoms with van der Waals surface area (Å²) in [6.07, 6.45) is 3.96. The van der Waals surface area contributed by atoms with Crippen LogP contribution in [0.25, 0.3) is 0 Å². The second-order valence-electron chi connectivity index (χ2n) is 6.23. The summed E-state index contributed by atoms with van der Waals surface area (Å²) >= 11 is 0. The highest BCUT2D eigenvalue weighted by atomic mass is 15.2. The number of hydrogen-bond donors (Lipinski definition) is 1. The zero-order chi connectivity index (χ0) is 12.7. The van der Waals surface area contributed by atoms with Crippen LogP contribution < -0.4 is 5.73 Å². The molecule has 1 saturated carbocycles. The van der Waals surface area contributed by atoms with Crippen LogP contribution in [0.15, 0.2) is 24.3 Å². The van der Waals surface area contributed by atoms with Crippen molar-refractivity contribution in [2.75, 3.05) is 6.54 Å². The summed E-state index contributed by atoms with van der Waals surface area (Å²) in [6.45, 7) is 5.85. The number of rotatable bonds is 4. The van der Waals surface area contributed by atoms with Crippen LogP contribution in [-0.4, -0.2) is 23.5 Å². The van der Waals surface area contributed by atoms with Crippen molar-refractivity contribution < 1.29 is 0 Å². The number of nitrogens with zero attached hydrogens (tertiary/aromatic N) is 1. The second kappa shape index (κ2) is 4.67. The quantitative estimate of drug-likeness (QED) is 0.882. The van der Waals surface area contributed by atoms with Crippen molar-refractivity contribution in [1.29, 1.82) is 0 Å². The molecule has 0 radical (unpaired) electrons. The molecule has 0 saturated heterocycles. The van der Waals surface area contributed by atoms with Crippen LogP contribution in [0.5, 0.6) is 0 Å². The van der Waals surface area contributed by atoms with Crippen molar-refractivity contribution in [1.82, 2.24) is 4.90 Å². The van der Waals surface area contributed by atoms with E-state index in [9.17, 15) is 0 Å². The fraction of sp³-hybridized carbons (Fsp3) is 0.625. The van der Waals surface area contributed by atoms with E-state index in [2.05, 4.69) is 43.0 Å². The molecule has 18 heavy (non-hydrogen) atoms. The van der Waals surface area contributed by atoms with E-state index in [1.54, 1.807) is 0 Å². The molecule has 0 heterocycles. The molecule has 3 rings (SSSR count). The maximum absolute atomic E-state index is 6.48. The van der Waals surface area contributed by atoms with Gasteiger partial charge < -0.3 is 5.73 Å². The smallest absolute Gasteiger partial charge is 0.0459 e. The summed E-state index contributed by atoms with van der Waals surface area (Å²) in [4.78, 5) is 2.64. The lowest BCUT2D eigenvalue weighted by molar-refractivity contribution is 0.133. The Hall–Kier alpha value is -0.860. The standard InChI is InChI=1S/C16H24N2/c1-11(2)18(10-12-7-8-12)15-9-13-5-3-4-6-14(13)16(15)17/h3-6,11-12,15-16H,7-10,17H2,1-2H3. The lowest BCUT2D eigenvalue weighted by Crippen LogP contribution is -2.46. The van der Waals surface area contributed by atoms with Crippen LogP contribution in [0.2, 0.25) is 0 Å². The minimum absolute atomic E-state index is 0.197. The van der Waals surface area contributed by atoms with E-state index in [1.807, 2.05) is 0 Å². The number of fused-ring (bicyclic) bond motifs is 1. The Labute approximate surface area is 110 Å². The molecule has 0 aliphatic heterocycles. The van der Waals surface area contributed by atoms with E-state index in [1.165, 1.54) is 30.5 Å². The molecule has 2 atom stereocenters. The van der Waals surface area contributed by atoms with Crippen LogP contribution in [0, 0.1) is 5.92 Å². The summed E-state index contributed by atoms with van der Waals surface area (Å²) in [5.74, 6) is 0.934. The third-order valence-corrected chi connectivity index (χ3v) is 4.51. The largest absolute Gasteiger partial charge is 0.323 e. The van der Waals surface area contributed by atoms with Crippen molar-refractivity contribution in [2.45, 2.75) is 51.2 Å². The zero-order valence-electron chi connectivity index (χ0n) is 11.5. The minimum atomic E-state index is 0.197. The maximum atomic E-state index is 6.48. The van der Waals surface area contributed by atoms with Gasteiger partial charge in [0, 0.05) is 24.7 Å². The first-order valence-electron chi connectivity index (χ1n) is 7.26. The van der Waals surface area contributed by atoms with E-state index in [0.29, 0.717) is 12.1 Å². The molecule has 2 N–H and O–H groups in total. The van der Waals surface area contributed by atoms with Crippen LogP contribution in [0.4, 0.5) is 0 Å². The summed E-state index contributed by atoms with van der Waals surface area (Å²) in [5.41, 5.74) is 9.30. The minimum Gasteiger partial charge on any atom is -0.323 e. The van der Waals surface area contributed by atoms with Gasteiger partial charge in [0.05, 0.1) is 0 Å². The van der Waals surface area contributed by atoms with Gasteiger partial charge in [0.2, 0.25) is 0 Å². The van der Waals surface area contributed by atoms with Gasteiger partial charge >= 0.3 is 0 Å². The summed E-state index contributed by atoms with van der Waals surface area (Å²) in [5, 5.41) is 0. The lowest BCUT2D eigenvalue weighted by atomic mass is 10.1. The number of nitrogens with two attached hydrogens (primary N) is 1. The molecule has 2 heteroatoms. The molecule has 0 amide bonds. The van der Waals surface area contributed by atoms with E-state index in [4.69, 9.17) is 5.73 Å². The van der Waals surface area contributed by atoms with Crippen molar-refractivity contribution in [3.05, 3.63) is 35.4 Å². The Morgan fingerprint density at radius 2 is 2.00 bits per heavy atom. The zero-order valence-corrected chi connectivity index (χ0v) is 11.5. The van der Waals surface area contributed by atoms with Crippen LogP contribution in [0.1, 0.15) is 43.9 Å². The van der Waals surface area contributed by atoms with E-state index in [-0.39, 0.29) is 6.04 Å². The topological polar surface area (TPSA) is 29.3 Å². The highest BCUT2D eigenvalue weighted by molar-refractivity contribution is 5.37. The molecule has 2 aliphatic carbocycles. The molecule has 2 nitrogen and oxygen atoms in total. The third kappa shape index (κ3) is 2.19. The molecule has 2 unspecified atom stereocenters. The van der Waals surface area contributed by atoms with Crippen LogP contribution in [0.3, 0.4) is 0 Å². The van der Waals surface area contributed by atoms with Crippen LogP contribution >= 0.6 is 0 Å².